The lowest BCUT2D eigenvalue weighted by Crippen LogP contribution is -2.62. The van der Waals surface area contributed by atoms with Gasteiger partial charge in [-0.3, -0.25) is 43.3 Å². The fraction of sp³-hybridized carbons (Fsp3) is 0.700. The number of nitrogens with zero attached hydrogens (tertiary/aromatic N) is 1. The van der Waals surface area contributed by atoms with Crippen molar-refractivity contribution in [3.63, 3.8) is 0 Å². The number of guanidine groups is 1. The van der Waals surface area contributed by atoms with Gasteiger partial charge in [-0.15, -0.1) is 0 Å². The molecule has 0 unspecified atom stereocenters. The van der Waals surface area contributed by atoms with Gasteiger partial charge in [-0.05, 0) is 38.5 Å². The molecule has 1 saturated heterocycles. The maximum atomic E-state index is 13.5. The van der Waals surface area contributed by atoms with E-state index < -0.39 is 115 Å². The standard InChI is InChI=1S/C30H54N12O10S2/c1-13(2)9-18-27(50)41-20(23(33)46)12-54-53-11-15(31)24(47)37-16(5-4-8-36-30(34)35)25(48)40-19(10-43)28(51)38-17(6-7-21(32)45)26(49)42-22(14(3)44)29(52)39-18/h13-20,22,43-44H,4-12,31H2,1-3H3,(H2,32,45)(H2,33,46)(H,37,47)(H,38,51)(H,39,52)(H,40,48)(H,41,50)(H,42,49)(H4,34,35,36)/t14-,15-,16-,17-,18-,19+,20-,22+/m1/s1. The summed E-state index contributed by atoms with van der Waals surface area (Å²) in [6.45, 7) is 3.80. The number of aliphatic imine (C=N–C) groups is 1. The van der Waals surface area contributed by atoms with Crippen molar-refractivity contribution in [3.8, 4) is 0 Å². The van der Waals surface area contributed by atoms with E-state index in [0.717, 1.165) is 21.6 Å². The predicted molar refractivity (Wildman–Crippen MR) is 200 cm³/mol. The van der Waals surface area contributed by atoms with Gasteiger partial charge in [-0.2, -0.15) is 0 Å². The lowest BCUT2D eigenvalue weighted by atomic mass is 10.0. The summed E-state index contributed by atoms with van der Waals surface area (Å²) in [5, 5.41) is 34.9. The second kappa shape index (κ2) is 24.1. The van der Waals surface area contributed by atoms with E-state index in [-0.39, 0.29) is 49.2 Å². The van der Waals surface area contributed by atoms with Crippen LogP contribution in [0, 0.1) is 5.92 Å². The summed E-state index contributed by atoms with van der Waals surface area (Å²) in [5.41, 5.74) is 27.6. The van der Waals surface area contributed by atoms with Crippen LogP contribution in [-0.2, 0) is 38.4 Å². The first kappa shape index (κ1) is 47.6. The minimum atomic E-state index is -1.70. The molecular formula is C30H54N12O10S2. The van der Waals surface area contributed by atoms with Crippen molar-refractivity contribution in [2.45, 2.75) is 101 Å². The van der Waals surface area contributed by atoms with E-state index in [1.807, 2.05) is 0 Å². The number of aliphatic hydroxyl groups is 2. The van der Waals surface area contributed by atoms with Gasteiger partial charge in [0.25, 0.3) is 0 Å². The highest BCUT2D eigenvalue weighted by Crippen LogP contribution is 2.23. The molecule has 0 saturated carbocycles. The number of amides is 8. The van der Waals surface area contributed by atoms with Crippen molar-refractivity contribution >= 4 is 74.8 Å². The lowest BCUT2D eigenvalue weighted by Gasteiger charge is -2.28. The largest absolute Gasteiger partial charge is 0.394 e. The van der Waals surface area contributed by atoms with Gasteiger partial charge in [0.1, 0.15) is 36.3 Å². The molecule has 306 valence electrons. The SMILES string of the molecule is CC(C)C[C@H]1NC(=O)[C@H]([C@@H](C)O)NC(=O)[C@@H](CCC(N)=O)NC(=O)[C@H](CO)NC(=O)[C@@H](CCCN=C(N)N)NC(=O)[C@H](N)CSSC[C@H](C(N)=O)NC1=O. The third kappa shape index (κ3) is 17.6. The summed E-state index contributed by atoms with van der Waals surface area (Å²) in [7, 11) is 2.13. The highest BCUT2D eigenvalue weighted by molar-refractivity contribution is 8.76. The first-order valence-electron chi connectivity index (χ1n) is 17.0. The van der Waals surface area contributed by atoms with Gasteiger partial charge in [-0.25, -0.2) is 0 Å². The number of nitrogens with two attached hydrogens (primary N) is 5. The molecular weight excluding hydrogens is 753 g/mol. The number of rotatable bonds is 12. The van der Waals surface area contributed by atoms with Crippen LogP contribution in [0.25, 0.3) is 0 Å². The maximum Gasteiger partial charge on any atom is 0.245 e. The summed E-state index contributed by atoms with van der Waals surface area (Å²) in [4.78, 5) is 108. The van der Waals surface area contributed by atoms with Gasteiger partial charge in [0.15, 0.2) is 5.96 Å². The number of hydrogen-bond donors (Lipinski definition) is 13. The molecule has 8 amide bonds. The van der Waals surface area contributed by atoms with Crippen molar-refractivity contribution < 1.29 is 48.6 Å². The maximum absolute atomic E-state index is 13.5. The average Bonchev–Trinajstić information content (AvgIpc) is 3.08. The Morgan fingerprint density at radius 1 is 0.741 bits per heavy atom. The highest BCUT2D eigenvalue weighted by Gasteiger charge is 2.35. The van der Waals surface area contributed by atoms with Gasteiger partial charge < -0.3 is 70.8 Å². The first-order valence-corrected chi connectivity index (χ1v) is 19.5. The fourth-order valence-corrected chi connectivity index (χ4v) is 7.05. The zero-order valence-electron chi connectivity index (χ0n) is 30.4. The van der Waals surface area contributed by atoms with Crippen LogP contribution in [0.15, 0.2) is 4.99 Å². The molecule has 54 heavy (non-hydrogen) atoms. The van der Waals surface area contributed by atoms with Crippen LogP contribution < -0.4 is 60.6 Å². The molecule has 1 aliphatic rings. The Morgan fingerprint density at radius 2 is 1.26 bits per heavy atom. The van der Waals surface area contributed by atoms with Gasteiger partial charge in [0, 0.05) is 24.5 Å². The molecule has 0 aliphatic carbocycles. The van der Waals surface area contributed by atoms with Gasteiger partial charge in [0.2, 0.25) is 47.3 Å². The number of hydrogen-bond acceptors (Lipinski definition) is 14. The molecule has 1 heterocycles. The van der Waals surface area contributed by atoms with Crippen molar-refractivity contribution in [1.82, 2.24) is 31.9 Å². The van der Waals surface area contributed by atoms with E-state index in [1.54, 1.807) is 13.8 Å². The van der Waals surface area contributed by atoms with Crippen LogP contribution in [0.2, 0.25) is 0 Å². The highest BCUT2D eigenvalue weighted by atomic mass is 33.1. The molecule has 1 fully saturated rings. The number of carbonyl (C=O) groups is 8. The molecule has 1 rings (SSSR count). The monoisotopic (exact) mass is 806 g/mol. The second-order valence-corrected chi connectivity index (χ2v) is 15.4. The smallest absolute Gasteiger partial charge is 0.245 e. The van der Waals surface area contributed by atoms with Gasteiger partial charge >= 0.3 is 0 Å². The molecule has 0 bridgehead atoms. The van der Waals surface area contributed by atoms with Crippen molar-refractivity contribution in [2.24, 2.45) is 39.6 Å². The molecule has 18 N–H and O–H groups in total. The van der Waals surface area contributed by atoms with E-state index in [2.05, 4.69) is 36.9 Å². The van der Waals surface area contributed by atoms with Crippen LogP contribution in [0.4, 0.5) is 0 Å². The molecule has 8 atom stereocenters. The Bertz CT molecular complexity index is 1370. The number of nitrogens with one attached hydrogen (secondary N) is 6. The molecule has 1 aliphatic heterocycles. The Morgan fingerprint density at radius 3 is 1.81 bits per heavy atom. The Balaban J connectivity index is 3.60. The molecule has 22 nitrogen and oxygen atoms in total. The zero-order chi connectivity index (χ0) is 41.1. The van der Waals surface area contributed by atoms with Crippen LogP contribution in [0.5, 0.6) is 0 Å². The van der Waals surface area contributed by atoms with Crippen LogP contribution >= 0.6 is 21.6 Å². The third-order valence-electron chi connectivity index (χ3n) is 7.67. The summed E-state index contributed by atoms with van der Waals surface area (Å²) in [6.07, 6.45) is -2.20. The molecule has 0 aromatic rings. The molecule has 24 heteroatoms. The fourth-order valence-electron chi connectivity index (χ4n) is 4.75. The normalized spacial score (nSPS) is 26.5. The topological polar surface area (TPSA) is 392 Å². The van der Waals surface area contributed by atoms with Crippen LogP contribution in [0.3, 0.4) is 0 Å². The van der Waals surface area contributed by atoms with E-state index in [4.69, 9.17) is 28.7 Å². The van der Waals surface area contributed by atoms with E-state index in [0.29, 0.717) is 0 Å². The number of primary amides is 2. The second-order valence-electron chi connectivity index (χ2n) is 12.9. The Labute approximate surface area is 320 Å². The minimum absolute atomic E-state index is 0.0274. The van der Waals surface area contributed by atoms with Gasteiger partial charge in [0.05, 0.1) is 18.8 Å². The molecule has 0 radical (unpaired) electrons. The number of aliphatic hydroxyl groups excluding tert-OH is 2. The molecule has 0 aromatic carbocycles. The van der Waals surface area contributed by atoms with E-state index in [9.17, 15) is 48.6 Å². The van der Waals surface area contributed by atoms with Crippen LogP contribution in [-0.4, -0.2) is 136 Å². The first-order chi connectivity index (χ1) is 25.3. The number of carbonyl (C=O) groups excluding carboxylic acids is 8. The Hall–Kier alpha value is -4.39. The summed E-state index contributed by atoms with van der Waals surface area (Å²) in [6, 6.07) is -9.98. The summed E-state index contributed by atoms with van der Waals surface area (Å²) in [5.74, 6) is -7.87. The predicted octanol–water partition coefficient (Wildman–Crippen LogP) is -6.16. The van der Waals surface area contributed by atoms with Crippen molar-refractivity contribution in [3.05, 3.63) is 0 Å². The summed E-state index contributed by atoms with van der Waals surface area (Å²) >= 11 is 0. The quantitative estimate of drug-likeness (QED) is 0.0378. The van der Waals surface area contributed by atoms with Gasteiger partial charge in [-0.1, -0.05) is 35.4 Å². The van der Waals surface area contributed by atoms with E-state index in [1.165, 1.54) is 6.92 Å². The lowest BCUT2D eigenvalue weighted by molar-refractivity contribution is -0.137. The average molecular weight is 807 g/mol. The van der Waals surface area contributed by atoms with Crippen molar-refractivity contribution in [1.29, 1.82) is 0 Å². The third-order valence-corrected chi connectivity index (χ3v) is 10.1. The molecule has 0 spiro atoms. The minimum Gasteiger partial charge on any atom is -0.394 e. The van der Waals surface area contributed by atoms with Crippen LogP contribution in [0.1, 0.15) is 52.9 Å². The van der Waals surface area contributed by atoms with E-state index >= 15 is 0 Å². The zero-order valence-corrected chi connectivity index (χ0v) is 32.0. The summed E-state index contributed by atoms with van der Waals surface area (Å²) < 4.78 is 0. The van der Waals surface area contributed by atoms with Crippen molar-refractivity contribution in [2.75, 3.05) is 24.7 Å². The Kier molecular flexibility index (Phi) is 21.3. The molecule has 0 aromatic heterocycles.